The van der Waals surface area contributed by atoms with Crippen molar-refractivity contribution in [2.75, 3.05) is 6.26 Å². The van der Waals surface area contributed by atoms with Gasteiger partial charge in [-0.2, -0.15) is 5.26 Å². The van der Waals surface area contributed by atoms with Gasteiger partial charge < -0.3 is 4.79 Å². The Labute approximate surface area is 122 Å². The first-order chi connectivity index (χ1) is 9.29. The van der Waals surface area contributed by atoms with Crippen molar-refractivity contribution in [3.63, 3.8) is 0 Å². The van der Waals surface area contributed by atoms with Crippen LogP contribution >= 0.6 is 11.6 Å². The van der Waals surface area contributed by atoms with Gasteiger partial charge in [-0.15, -0.1) is 0 Å². The molecule has 1 atom stereocenters. The highest BCUT2D eigenvalue weighted by atomic mass is 35.5. The van der Waals surface area contributed by atoms with Crippen LogP contribution in [0.3, 0.4) is 0 Å². The van der Waals surface area contributed by atoms with Crippen molar-refractivity contribution in [1.29, 1.82) is 5.26 Å². The van der Waals surface area contributed by atoms with E-state index in [2.05, 4.69) is 0 Å². The minimum absolute atomic E-state index is 0.00505. The van der Waals surface area contributed by atoms with E-state index in [1.807, 2.05) is 0 Å². The van der Waals surface area contributed by atoms with Crippen LogP contribution in [0.15, 0.2) is 23.1 Å². The molecule has 1 rings (SSSR count). The normalized spacial score (nSPS) is 12.4. The number of hydrogen-bond donors (Lipinski definition) is 0. The summed E-state index contributed by atoms with van der Waals surface area (Å²) in [5, 5.41) is 8.82. The van der Waals surface area contributed by atoms with Crippen LogP contribution in [0.2, 0.25) is 5.02 Å². The standard InChI is InChI=1S/C13H12ClNO4S/c1-20(18,19)11-4-2-9(12(14)6-11)3-5-13(17)10(7-15)8-16/h2,4,6,8,10H,3,5H2,1H3. The van der Waals surface area contributed by atoms with Crippen LogP contribution in [0.25, 0.3) is 0 Å². The summed E-state index contributed by atoms with van der Waals surface area (Å²) in [5.41, 5.74) is 0.593. The van der Waals surface area contributed by atoms with Crippen LogP contribution in [-0.2, 0) is 25.8 Å². The van der Waals surface area contributed by atoms with Gasteiger partial charge in [0.1, 0.15) is 6.29 Å². The first-order valence-electron chi connectivity index (χ1n) is 5.65. The summed E-state index contributed by atoms with van der Waals surface area (Å²) in [6.07, 6.45) is 1.61. The summed E-state index contributed by atoms with van der Waals surface area (Å²) in [5.74, 6) is -1.74. The lowest BCUT2D eigenvalue weighted by Gasteiger charge is -2.06. The van der Waals surface area contributed by atoms with E-state index in [9.17, 15) is 18.0 Å². The Balaban J connectivity index is 2.83. The maximum Gasteiger partial charge on any atom is 0.175 e. The molecule has 0 aliphatic carbocycles. The summed E-state index contributed by atoms with van der Waals surface area (Å²) in [6, 6.07) is 5.85. The van der Waals surface area contributed by atoms with E-state index in [1.165, 1.54) is 18.2 Å². The number of halogens is 1. The van der Waals surface area contributed by atoms with Crippen LogP contribution < -0.4 is 0 Å². The molecular weight excluding hydrogens is 302 g/mol. The zero-order valence-corrected chi connectivity index (χ0v) is 12.2. The smallest absolute Gasteiger partial charge is 0.175 e. The van der Waals surface area contributed by atoms with E-state index >= 15 is 0 Å². The van der Waals surface area contributed by atoms with Crippen molar-refractivity contribution < 1.29 is 18.0 Å². The minimum atomic E-state index is -3.34. The number of benzene rings is 1. The number of hydrogen-bond acceptors (Lipinski definition) is 5. The van der Waals surface area contributed by atoms with Crippen LogP contribution in [0, 0.1) is 17.2 Å². The van der Waals surface area contributed by atoms with Crippen molar-refractivity contribution >= 4 is 33.5 Å². The van der Waals surface area contributed by atoms with Gasteiger partial charge in [0.25, 0.3) is 0 Å². The Hall–Kier alpha value is -1.71. The second-order valence-corrected chi connectivity index (χ2v) is 6.66. The number of ketones is 1. The van der Waals surface area contributed by atoms with E-state index < -0.39 is 21.5 Å². The van der Waals surface area contributed by atoms with Crippen molar-refractivity contribution in [1.82, 2.24) is 0 Å². The predicted molar refractivity (Wildman–Crippen MR) is 73.1 cm³/mol. The number of carbonyl (C=O) groups is 2. The van der Waals surface area contributed by atoms with Crippen molar-refractivity contribution in [2.24, 2.45) is 5.92 Å². The van der Waals surface area contributed by atoms with Crippen LogP contribution in [0.5, 0.6) is 0 Å². The third-order valence-electron chi connectivity index (χ3n) is 2.72. The van der Waals surface area contributed by atoms with Gasteiger partial charge in [0.2, 0.25) is 0 Å². The summed E-state index contributed by atoms with van der Waals surface area (Å²) >= 11 is 5.96. The fourth-order valence-corrected chi connectivity index (χ4v) is 2.54. The number of nitrogens with zero attached hydrogens (tertiary/aromatic N) is 1. The van der Waals surface area contributed by atoms with Gasteiger partial charge in [-0.05, 0) is 24.1 Å². The molecular formula is C13H12ClNO4S. The van der Waals surface area contributed by atoms with Gasteiger partial charge in [-0.25, -0.2) is 8.42 Å². The van der Waals surface area contributed by atoms with Crippen molar-refractivity contribution in [3.05, 3.63) is 28.8 Å². The van der Waals surface area contributed by atoms with Crippen LogP contribution in [-0.4, -0.2) is 26.7 Å². The highest BCUT2D eigenvalue weighted by molar-refractivity contribution is 7.90. The molecule has 0 bridgehead atoms. The average molecular weight is 314 g/mol. The van der Waals surface area contributed by atoms with Gasteiger partial charge in [0.15, 0.2) is 21.5 Å². The highest BCUT2D eigenvalue weighted by Gasteiger charge is 2.17. The topological polar surface area (TPSA) is 92.1 Å². The van der Waals surface area contributed by atoms with Crippen molar-refractivity contribution in [3.8, 4) is 6.07 Å². The monoisotopic (exact) mass is 313 g/mol. The molecule has 0 radical (unpaired) electrons. The molecule has 20 heavy (non-hydrogen) atoms. The third kappa shape index (κ3) is 4.15. The molecule has 0 heterocycles. The Morgan fingerprint density at radius 1 is 1.50 bits per heavy atom. The Kier molecular flexibility index (Phi) is 5.43. The first-order valence-corrected chi connectivity index (χ1v) is 7.92. The Morgan fingerprint density at radius 3 is 2.60 bits per heavy atom. The Morgan fingerprint density at radius 2 is 2.15 bits per heavy atom. The number of aryl methyl sites for hydroxylation is 1. The lowest BCUT2D eigenvalue weighted by Crippen LogP contribution is -2.14. The molecule has 0 fully saturated rings. The van der Waals surface area contributed by atoms with Crippen LogP contribution in [0.1, 0.15) is 12.0 Å². The minimum Gasteiger partial charge on any atom is -0.301 e. The molecule has 5 nitrogen and oxygen atoms in total. The van der Waals surface area contributed by atoms with Gasteiger partial charge in [0.05, 0.1) is 11.0 Å². The molecule has 0 aliphatic rings. The van der Waals surface area contributed by atoms with E-state index in [0.717, 1.165) is 6.26 Å². The van der Waals surface area contributed by atoms with Gasteiger partial charge in [0, 0.05) is 17.7 Å². The zero-order valence-electron chi connectivity index (χ0n) is 10.7. The average Bonchev–Trinajstić information content (AvgIpc) is 2.37. The molecule has 106 valence electrons. The maximum atomic E-state index is 11.5. The third-order valence-corrected chi connectivity index (χ3v) is 4.18. The largest absolute Gasteiger partial charge is 0.301 e. The predicted octanol–water partition coefficient (Wildman–Crippen LogP) is 1.58. The molecule has 0 aromatic heterocycles. The SMILES string of the molecule is CS(=O)(=O)c1ccc(CCC(=O)C(C#N)C=O)c(Cl)c1. The van der Waals surface area contributed by atoms with E-state index in [0.29, 0.717) is 11.8 Å². The number of Topliss-reactive ketones (excluding diaryl/α,β-unsaturated/α-hetero) is 1. The second kappa shape index (κ2) is 6.64. The molecule has 0 aliphatic heterocycles. The quantitative estimate of drug-likeness (QED) is 0.587. The van der Waals surface area contributed by atoms with Gasteiger partial charge in [-0.1, -0.05) is 17.7 Å². The molecule has 1 aromatic carbocycles. The Bertz CT molecular complexity index is 676. The fourth-order valence-electron chi connectivity index (χ4n) is 1.55. The lowest BCUT2D eigenvalue weighted by atomic mass is 10.0. The summed E-state index contributed by atoms with van der Waals surface area (Å²) in [7, 11) is -3.34. The van der Waals surface area contributed by atoms with E-state index in [4.69, 9.17) is 16.9 Å². The molecule has 7 heteroatoms. The number of rotatable bonds is 6. The molecule has 0 amide bonds. The summed E-state index contributed by atoms with van der Waals surface area (Å²) in [6.45, 7) is 0. The second-order valence-electron chi connectivity index (χ2n) is 4.23. The molecule has 0 saturated heterocycles. The zero-order chi connectivity index (χ0) is 15.3. The maximum absolute atomic E-state index is 11.5. The summed E-state index contributed by atoms with van der Waals surface area (Å²) < 4.78 is 22.7. The number of sulfone groups is 1. The van der Waals surface area contributed by atoms with Crippen LogP contribution in [0.4, 0.5) is 0 Å². The molecule has 1 aromatic rings. The lowest BCUT2D eigenvalue weighted by molar-refractivity contribution is -0.125. The number of aldehydes is 1. The first kappa shape index (κ1) is 16.3. The molecule has 0 spiro atoms. The van der Waals surface area contributed by atoms with Gasteiger partial charge >= 0.3 is 0 Å². The van der Waals surface area contributed by atoms with E-state index in [-0.39, 0.29) is 22.8 Å². The van der Waals surface area contributed by atoms with Gasteiger partial charge in [-0.3, -0.25) is 4.79 Å². The number of nitriles is 1. The molecule has 0 saturated carbocycles. The molecule has 1 unspecified atom stereocenters. The summed E-state index contributed by atoms with van der Waals surface area (Å²) in [4.78, 5) is 22.1. The molecule has 0 N–H and O–H groups in total. The van der Waals surface area contributed by atoms with Crippen molar-refractivity contribution in [2.45, 2.75) is 17.7 Å². The van der Waals surface area contributed by atoms with E-state index in [1.54, 1.807) is 6.07 Å². The fraction of sp³-hybridized carbons (Fsp3) is 0.308. The highest BCUT2D eigenvalue weighted by Crippen LogP contribution is 2.22. The number of carbonyl (C=O) groups excluding carboxylic acids is 2.